The summed E-state index contributed by atoms with van der Waals surface area (Å²) in [6.45, 7) is 0. The van der Waals surface area contributed by atoms with Gasteiger partial charge in [0.25, 0.3) is 5.91 Å². The van der Waals surface area contributed by atoms with Crippen molar-refractivity contribution in [1.29, 1.82) is 0 Å². The van der Waals surface area contributed by atoms with Crippen LogP contribution in [0.3, 0.4) is 0 Å². The first-order valence-electron chi connectivity index (χ1n) is 7.43. The van der Waals surface area contributed by atoms with Crippen LogP contribution in [0.5, 0.6) is 0 Å². The molecule has 0 aliphatic heterocycles. The van der Waals surface area contributed by atoms with Crippen LogP contribution in [0.15, 0.2) is 60.8 Å². The predicted molar refractivity (Wildman–Crippen MR) is 88.6 cm³/mol. The van der Waals surface area contributed by atoms with Crippen molar-refractivity contribution < 1.29 is 14.7 Å². The molecule has 6 heteroatoms. The first kappa shape index (κ1) is 15.6. The Morgan fingerprint density at radius 1 is 1.04 bits per heavy atom. The summed E-state index contributed by atoms with van der Waals surface area (Å²) in [6, 6.07) is 15.0. The fraction of sp³-hybridized carbons (Fsp3) is 0.111. The number of carboxylic acids is 1. The van der Waals surface area contributed by atoms with Gasteiger partial charge in [0.2, 0.25) is 0 Å². The normalized spacial score (nSPS) is 11.8. The zero-order valence-electron chi connectivity index (χ0n) is 12.7. The van der Waals surface area contributed by atoms with Gasteiger partial charge in [-0.3, -0.25) is 14.8 Å². The highest BCUT2D eigenvalue weighted by molar-refractivity contribution is 5.95. The molecular formula is C18H15N3O3. The summed E-state index contributed by atoms with van der Waals surface area (Å²) in [6.07, 6.45) is 1.58. The summed E-state index contributed by atoms with van der Waals surface area (Å²) in [7, 11) is 0. The molecule has 0 fully saturated rings. The average molecular weight is 321 g/mol. The molecule has 0 saturated heterocycles. The number of rotatable bonds is 5. The minimum absolute atomic E-state index is 0.0960. The number of aromatic nitrogens is 2. The quantitative estimate of drug-likeness (QED) is 0.750. The van der Waals surface area contributed by atoms with Crippen LogP contribution in [-0.4, -0.2) is 33.0 Å². The lowest BCUT2D eigenvalue weighted by Crippen LogP contribution is -2.42. The topological polar surface area (TPSA) is 92.2 Å². The average Bonchev–Trinajstić information content (AvgIpc) is 2.61. The van der Waals surface area contributed by atoms with Crippen molar-refractivity contribution in [3.8, 4) is 0 Å². The molecule has 0 aliphatic rings. The lowest BCUT2D eigenvalue weighted by atomic mass is 10.1. The van der Waals surface area contributed by atoms with Crippen LogP contribution in [0.4, 0.5) is 0 Å². The summed E-state index contributed by atoms with van der Waals surface area (Å²) in [5, 5.41) is 12.8. The monoisotopic (exact) mass is 321 g/mol. The molecule has 2 heterocycles. The Hall–Kier alpha value is -3.28. The zero-order chi connectivity index (χ0) is 16.9. The van der Waals surface area contributed by atoms with Gasteiger partial charge in [-0.1, -0.05) is 30.3 Å². The number of pyridine rings is 2. The third-order valence-corrected chi connectivity index (χ3v) is 3.57. The highest BCUT2D eigenvalue weighted by Gasteiger charge is 2.22. The molecule has 2 aromatic heterocycles. The second-order valence-corrected chi connectivity index (χ2v) is 5.28. The first-order chi connectivity index (χ1) is 11.6. The van der Waals surface area contributed by atoms with Crippen LogP contribution in [0.25, 0.3) is 10.9 Å². The minimum Gasteiger partial charge on any atom is -0.480 e. The summed E-state index contributed by atoms with van der Waals surface area (Å²) in [5.74, 6) is -1.64. The van der Waals surface area contributed by atoms with E-state index in [1.807, 2.05) is 30.3 Å². The van der Waals surface area contributed by atoms with E-state index >= 15 is 0 Å². The van der Waals surface area contributed by atoms with Gasteiger partial charge in [0.05, 0.1) is 5.52 Å². The number of nitrogens with zero attached hydrogens (tertiary/aromatic N) is 2. The van der Waals surface area contributed by atoms with Gasteiger partial charge >= 0.3 is 5.97 Å². The van der Waals surface area contributed by atoms with Crippen LogP contribution in [0, 0.1) is 0 Å². The van der Waals surface area contributed by atoms with E-state index in [-0.39, 0.29) is 12.1 Å². The Bertz CT molecular complexity index is 881. The maximum atomic E-state index is 12.1. The Morgan fingerprint density at radius 2 is 1.83 bits per heavy atom. The van der Waals surface area contributed by atoms with Gasteiger partial charge in [-0.25, -0.2) is 4.79 Å². The lowest BCUT2D eigenvalue weighted by molar-refractivity contribution is -0.139. The SMILES string of the molecule is O=C(N[C@@H](Cc1ccc2ccccc2n1)C(=O)O)c1ccccn1. The molecule has 0 radical (unpaired) electrons. The summed E-state index contributed by atoms with van der Waals surface area (Å²) in [5.41, 5.74) is 1.56. The minimum atomic E-state index is -1.12. The molecular weight excluding hydrogens is 306 g/mol. The molecule has 1 atom stereocenters. The van der Waals surface area contributed by atoms with E-state index in [4.69, 9.17) is 0 Å². The van der Waals surface area contributed by atoms with Crippen molar-refractivity contribution in [2.24, 2.45) is 0 Å². The molecule has 1 aromatic carbocycles. The number of nitrogens with one attached hydrogen (secondary N) is 1. The number of benzene rings is 1. The highest BCUT2D eigenvalue weighted by atomic mass is 16.4. The van der Waals surface area contributed by atoms with Crippen molar-refractivity contribution in [3.05, 3.63) is 72.2 Å². The Labute approximate surface area is 138 Å². The Kier molecular flexibility index (Phi) is 4.47. The number of carboxylic acid groups (broad SMARTS) is 1. The number of carbonyl (C=O) groups excluding carboxylic acids is 1. The van der Waals surface area contributed by atoms with E-state index < -0.39 is 17.9 Å². The number of fused-ring (bicyclic) bond motifs is 1. The largest absolute Gasteiger partial charge is 0.480 e. The van der Waals surface area contributed by atoms with E-state index in [0.29, 0.717) is 5.69 Å². The number of para-hydroxylation sites is 1. The third-order valence-electron chi connectivity index (χ3n) is 3.57. The number of aliphatic carboxylic acids is 1. The fourth-order valence-electron chi connectivity index (χ4n) is 2.36. The van der Waals surface area contributed by atoms with Gasteiger partial charge < -0.3 is 10.4 Å². The van der Waals surface area contributed by atoms with Crippen molar-refractivity contribution in [3.63, 3.8) is 0 Å². The number of hydrogen-bond acceptors (Lipinski definition) is 4. The van der Waals surface area contributed by atoms with Crippen LogP contribution in [0.1, 0.15) is 16.2 Å². The van der Waals surface area contributed by atoms with Gasteiger partial charge in [-0.2, -0.15) is 0 Å². The molecule has 24 heavy (non-hydrogen) atoms. The molecule has 0 aliphatic carbocycles. The zero-order valence-corrected chi connectivity index (χ0v) is 12.7. The van der Waals surface area contributed by atoms with Gasteiger partial charge in [-0.15, -0.1) is 0 Å². The van der Waals surface area contributed by atoms with Crippen LogP contribution < -0.4 is 5.32 Å². The molecule has 3 aromatic rings. The molecule has 120 valence electrons. The molecule has 2 N–H and O–H groups in total. The Balaban J connectivity index is 1.78. The molecule has 0 unspecified atom stereocenters. The van der Waals surface area contributed by atoms with Crippen LogP contribution in [-0.2, 0) is 11.2 Å². The van der Waals surface area contributed by atoms with Crippen LogP contribution in [0.2, 0.25) is 0 Å². The smallest absolute Gasteiger partial charge is 0.326 e. The number of carbonyl (C=O) groups is 2. The van der Waals surface area contributed by atoms with E-state index in [1.54, 1.807) is 18.2 Å². The summed E-state index contributed by atoms with van der Waals surface area (Å²) in [4.78, 5) is 31.9. The van der Waals surface area contributed by atoms with Crippen molar-refractivity contribution >= 4 is 22.8 Å². The van der Waals surface area contributed by atoms with Crippen LogP contribution >= 0.6 is 0 Å². The number of amides is 1. The summed E-state index contributed by atoms with van der Waals surface area (Å²) >= 11 is 0. The molecule has 1 amide bonds. The standard InChI is InChI=1S/C18H15N3O3/c22-17(15-7-3-4-10-19-15)21-16(18(23)24)11-13-9-8-12-5-1-2-6-14(12)20-13/h1-10,16H,11H2,(H,21,22)(H,23,24)/t16-/m0/s1. The predicted octanol–water partition coefficient (Wildman–Crippen LogP) is 2.06. The number of hydrogen-bond donors (Lipinski definition) is 2. The second kappa shape index (κ2) is 6.87. The van der Waals surface area contributed by atoms with E-state index in [0.717, 1.165) is 10.9 Å². The van der Waals surface area contributed by atoms with Gasteiger partial charge in [0, 0.05) is 23.7 Å². The van der Waals surface area contributed by atoms with E-state index in [9.17, 15) is 14.7 Å². The first-order valence-corrected chi connectivity index (χ1v) is 7.43. The van der Waals surface area contributed by atoms with Gasteiger partial charge in [-0.05, 0) is 24.3 Å². The molecule has 6 nitrogen and oxygen atoms in total. The Morgan fingerprint density at radius 3 is 2.58 bits per heavy atom. The lowest BCUT2D eigenvalue weighted by Gasteiger charge is -2.14. The summed E-state index contributed by atoms with van der Waals surface area (Å²) < 4.78 is 0. The molecule has 0 bridgehead atoms. The van der Waals surface area contributed by atoms with Crippen molar-refractivity contribution in [2.45, 2.75) is 12.5 Å². The fourth-order valence-corrected chi connectivity index (χ4v) is 2.36. The van der Waals surface area contributed by atoms with Crippen molar-refractivity contribution in [2.75, 3.05) is 0 Å². The molecule has 3 rings (SSSR count). The van der Waals surface area contributed by atoms with Gasteiger partial charge in [0.15, 0.2) is 0 Å². The third kappa shape index (κ3) is 3.55. The van der Waals surface area contributed by atoms with Gasteiger partial charge in [0.1, 0.15) is 11.7 Å². The molecule has 0 saturated carbocycles. The highest BCUT2D eigenvalue weighted by Crippen LogP contribution is 2.13. The second-order valence-electron chi connectivity index (χ2n) is 5.28. The molecule has 0 spiro atoms. The maximum Gasteiger partial charge on any atom is 0.326 e. The van der Waals surface area contributed by atoms with E-state index in [2.05, 4.69) is 15.3 Å². The van der Waals surface area contributed by atoms with Crippen molar-refractivity contribution in [1.82, 2.24) is 15.3 Å². The maximum absolute atomic E-state index is 12.1. The van der Waals surface area contributed by atoms with E-state index in [1.165, 1.54) is 12.3 Å².